The number of fused-ring (bicyclic) bond motifs is 1. The number of likely N-dealkylation sites (tertiary alicyclic amines) is 3. The average Bonchev–Trinajstić information content (AvgIpc) is 3.36. The number of nitrogens with zero attached hydrogens (tertiary/aromatic N) is 3. The Morgan fingerprint density at radius 3 is 2.37 bits per heavy atom. The molecule has 1 aromatic rings. The highest BCUT2D eigenvalue weighted by molar-refractivity contribution is 6.05. The molecule has 162 valence electrons. The molecule has 0 spiro atoms. The molecule has 3 heterocycles. The summed E-state index contributed by atoms with van der Waals surface area (Å²) < 4.78 is 5.91. The van der Waals surface area contributed by atoms with Crippen molar-refractivity contribution in [1.82, 2.24) is 14.7 Å². The number of hydrogen-bond donors (Lipinski definition) is 0. The molecule has 2 atom stereocenters. The molecule has 0 bridgehead atoms. The lowest BCUT2D eigenvalue weighted by Gasteiger charge is -2.23. The second-order valence-corrected chi connectivity index (χ2v) is 8.85. The van der Waals surface area contributed by atoms with Gasteiger partial charge >= 0.3 is 0 Å². The third kappa shape index (κ3) is 4.21. The summed E-state index contributed by atoms with van der Waals surface area (Å²) in [4.78, 5) is 42.9. The zero-order valence-corrected chi connectivity index (χ0v) is 17.9. The fourth-order valence-electron chi connectivity index (χ4n) is 4.85. The van der Waals surface area contributed by atoms with Crippen molar-refractivity contribution in [3.63, 3.8) is 0 Å². The molecule has 7 heteroatoms. The molecule has 4 rings (SSSR count). The molecular weight excluding hydrogens is 382 g/mol. The van der Waals surface area contributed by atoms with Crippen LogP contribution >= 0.6 is 0 Å². The van der Waals surface area contributed by atoms with E-state index in [1.165, 1.54) is 4.90 Å². The Kier molecular flexibility index (Phi) is 6.09. The van der Waals surface area contributed by atoms with Crippen molar-refractivity contribution in [2.24, 2.45) is 11.8 Å². The second-order valence-electron chi connectivity index (χ2n) is 8.85. The zero-order chi connectivity index (χ0) is 21.3. The molecule has 0 radical (unpaired) electrons. The van der Waals surface area contributed by atoms with Gasteiger partial charge in [-0.2, -0.15) is 0 Å². The highest BCUT2D eigenvalue weighted by atomic mass is 16.5. The van der Waals surface area contributed by atoms with Crippen LogP contribution in [0.1, 0.15) is 38.7 Å². The Bertz CT molecular complexity index is 800. The number of carbonyl (C=O) groups excluding carboxylic acids is 3. The highest BCUT2D eigenvalue weighted by Gasteiger charge is 2.51. The molecule has 7 nitrogen and oxygen atoms in total. The first-order chi connectivity index (χ1) is 14.4. The first kappa shape index (κ1) is 20.8. The van der Waals surface area contributed by atoms with E-state index in [9.17, 15) is 14.4 Å². The van der Waals surface area contributed by atoms with Gasteiger partial charge in [0, 0.05) is 51.3 Å². The van der Waals surface area contributed by atoms with Crippen molar-refractivity contribution in [3.8, 4) is 5.75 Å². The molecule has 0 N–H and O–H groups in total. The van der Waals surface area contributed by atoms with Gasteiger partial charge in [0.2, 0.25) is 17.7 Å². The topological polar surface area (TPSA) is 70.2 Å². The van der Waals surface area contributed by atoms with Gasteiger partial charge in [-0.15, -0.1) is 0 Å². The van der Waals surface area contributed by atoms with Crippen LogP contribution in [0.5, 0.6) is 5.75 Å². The standard InChI is InChI=1S/C23H31N3O4/c1-16(2)30-20-8-4-3-7-17(20)13-24-14-18-19(15-24)23(29)26(22(18)28)12-6-11-25-10-5-9-21(25)27/h3-4,7-8,16,18-19H,5-6,9-15H2,1-2H3. The van der Waals surface area contributed by atoms with Gasteiger partial charge in [0.15, 0.2) is 0 Å². The van der Waals surface area contributed by atoms with Crippen LogP contribution in [0.15, 0.2) is 24.3 Å². The van der Waals surface area contributed by atoms with E-state index in [4.69, 9.17) is 4.74 Å². The molecule has 3 aliphatic rings. The predicted octanol–water partition coefficient (Wildman–Crippen LogP) is 1.90. The summed E-state index contributed by atoms with van der Waals surface area (Å²) in [6.45, 7) is 7.73. The van der Waals surface area contributed by atoms with Crippen LogP contribution in [0, 0.1) is 11.8 Å². The number of ether oxygens (including phenoxy) is 1. The van der Waals surface area contributed by atoms with Gasteiger partial charge in [-0.05, 0) is 32.8 Å². The first-order valence-corrected chi connectivity index (χ1v) is 11.0. The molecule has 1 aromatic carbocycles. The molecular formula is C23H31N3O4. The molecule has 3 aliphatic heterocycles. The minimum Gasteiger partial charge on any atom is -0.491 e. The third-order valence-corrected chi connectivity index (χ3v) is 6.27. The lowest BCUT2D eigenvalue weighted by molar-refractivity contribution is -0.140. The zero-order valence-electron chi connectivity index (χ0n) is 17.9. The number of hydrogen-bond acceptors (Lipinski definition) is 5. The van der Waals surface area contributed by atoms with E-state index < -0.39 is 0 Å². The highest BCUT2D eigenvalue weighted by Crippen LogP contribution is 2.35. The Hall–Kier alpha value is -2.41. The van der Waals surface area contributed by atoms with E-state index in [0.717, 1.165) is 24.3 Å². The average molecular weight is 414 g/mol. The first-order valence-electron chi connectivity index (χ1n) is 11.0. The Labute approximate surface area is 177 Å². The van der Waals surface area contributed by atoms with Crippen LogP contribution in [0.25, 0.3) is 0 Å². The Morgan fingerprint density at radius 1 is 1.03 bits per heavy atom. The minimum atomic E-state index is -0.246. The predicted molar refractivity (Wildman–Crippen MR) is 112 cm³/mol. The number of para-hydroxylation sites is 1. The lowest BCUT2D eigenvalue weighted by Crippen LogP contribution is -2.38. The van der Waals surface area contributed by atoms with E-state index in [0.29, 0.717) is 45.6 Å². The Balaban J connectivity index is 1.32. The number of amides is 3. The van der Waals surface area contributed by atoms with E-state index in [1.54, 1.807) is 0 Å². The number of carbonyl (C=O) groups is 3. The summed E-state index contributed by atoms with van der Waals surface area (Å²) in [5.41, 5.74) is 1.08. The SMILES string of the molecule is CC(C)Oc1ccccc1CN1CC2C(=O)N(CCCN3CCCC3=O)C(=O)C2C1. The third-order valence-electron chi connectivity index (χ3n) is 6.27. The normalized spacial score (nSPS) is 24.4. The van der Waals surface area contributed by atoms with Crippen LogP contribution in [0.2, 0.25) is 0 Å². The van der Waals surface area contributed by atoms with Gasteiger partial charge in [-0.1, -0.05) is 18.2 Å². The van der Waals surface area contributed by atoms with Crippen molar-refractivity contribution >= 4 is 17.7 Å². The van der Waals surface area contributed by atoms with Crippen LogP contribution in [0.4, 0.5) is 0 Å². The molecule has 2 unspecified atom stereocenters. The van der Waals surface area contributed by atoms with Crippen molar-refractivity contribution < 1.29 is 19.1 Å². The molecule has 3 saturated heterocycles. The van der Waals surface area contributed by atoms with Crippen LogP contribution < -0.4 is 4.74 Å². The molecule has 0 aromatic heterocycles. The van der Waals surface area contributed by atoms with Crippen molar-refractivity contribution in [2.45, 2.75) is 45.8 Å². The summed E-state index contributed by atoms with van der Waals surface area (Å²) in [5, 5.41) is 0. The fraction of sp³-hybridized carbons (Fsp3) is 0.609. The summed E-state index contributed by atoms with van der Waals surface area (Å²) in [6.07, 6.45) is 2.28. The summed E-state index contributed by atoms with van der Waals surface area (Å²) in [7, 11) is 0. The van der Waals surface area contributed by atoms with Crippen LogP contribution in [-0.4, -0.2) is 71.2 Å². The van der Waals surface area contributed by atoms with E-state index in [1.807, 2.05) is 43.0 Å². The quantitative estimate of drug-likeness (QED) is 0.609. The van der Waals surface area contributed by atoms with Crippen molar-refractivity contribution in [3.05, 3.63) is 29.8 Å². The molecule has 3 amide bonds. The lowest BCUT2D eigenvalue weighted by atomic mass is 10.00. The summed E-state index contributed by atoms with van der Waals surface area (Å²) >= 11 is 0. The minimum absolute atomic E-state index is 0.0491. The van der Waals surface area contributed by atoms with Gasteiger partial charge in [0.1, 0.15) is 5.75 Å². The van der Waals surface area contributed by atoms with Gasteiger partial charge < -0.3 is 9.64 Å². The second kappa shape index (κ2) is 8.76. The molecule has 0 aliphatic carbocycles. The number of rotatable bonds is 8. The smallest absolute Gasteiger partial charge is 0.234 e. The maximum Gasteiger partial charge on any atom is 0.234 e. The van der Waals surface area contributed by atoms with Gasteiger partial charge in [-0.3, -0.25) is 24.2 Å². The summed E-state index contributed by atoms with van der Waals surface area (Å²) in [6, 6.07) is 7.96. The van der Waals surface area contributed by atoms with Crippen molar-refractivity contribution in [1.29, 1.82) is 0 Å². The van der Waals surface area contributed by atoms with E-state index >= 15 is 0 Å². The Morgan fingerprint density at radius 2 is 1.73 bits per heavy atom. The molecule has 3 fully saturated rings. The maximum absolute atomic E-state index is 12.9. The molecule has 0 saturated carbocycles. The molecule has 30 heavy (non-hydrogen) atoms. The van der Waals surface area contributed by atoms with Crippen molar-refractivity contribution in [2.75, 3.05) is 32.7 Å². The van der Waals surface area contributed by atoms with E-state index in [2.05, 4.69) is 4.90 Å². The van der Waals surface area contributed by atoms with Gasteiger partial charge in [-0.25, -0.2) is 0 Å². The fourth-order valence-corrected chi connectivity index (χ4v) is 4.85. The van der Waals surface area contributed by atoms with Crippen LogP contribution in [-0.2, 0) is 20.9 Å². The largest absolute Gasteiger partial charge is 0.491 e. The monoisotopic (exact) mass is 413 g/mol. The van der Waals surface area contributed by atoms with Crippen LogP contribution in [0.3, 0.4) is 0 Å². The van der Waals surface area contributed by atoms with Gasteiger partial charge in [0.05, 0.1) is 17.9 Å². The summed E-state index contributed by atoms with van der Waals surface area (Å²) in [5.74, 6) is 0.454. The van der Waals surface area contributed by atoms with Gasteiger partial charge in [0.25, 0.3) is 0 Å². The van der Waals surface area contributed by atoms with E-state index in [-0.39, 0.29) is 35.7 Å². The number of imide groups is 1. The number of benzene rings is 1. The maximum atomic E-state index is 12.9.